The van der Waals surface area contributed by atoms with Crippen LogP contribution in [0, 0.1) is 18.6 Å². The smallest absolute Gasteiger partial charge is 0.150 e. The molecule has 1 aromatic heterocycles. The summed E-state index contributed by atoms with van der Waals surface area (Å²) in [4.78, 5) is 0.352. The van der Waals surface area contributed by atoms with Crippen molar-refractivity contribution in [2.24, 2.45) is 7.05 Å². The van der Waals surface area contributed by atoms with Gasteiger partial charge in [0.05, 0.1) is 16.4 Å². The Morgan fingerprint density at radius 1 is 1.29 bits per heavy atom. The van der Waals surface area contributed by atoms with Crippen LogP contribution in [-0.2, 0) is 7.05 Å². The fourth-order valence-electron chi connectivity index (χ4n) is 1.44. The molecule has 0 aliphatic carbocycles. The second kappa shape index (κ2) is 4.37. The predicted octanol–water partition coefficient (Wildman–Crippen LogP) is 2.74. The number of benzene rings is 1. The Morgan fingerprint density at radius 2 is 2.00 bits per heavy atom. The molecule has 0 bridgehead atoms. The lowest BCUT2D eigenvalue weighted by Crippen LogP contribution is -1.97. The van der Waals surface area contributed by atoms with E-state index in [2.05, 4.69) is 5.10 Å². The molecule has 2 aromatic rings. The molecule has 0 aliphatic heterocycles. The van der Waals surface area contributed by atoms with Gasteiger partial charge in [0.25, 0.3) is 0 Å². The van der Waals surface area contributed by atoms with E-state index < -0.39 is 11.6 Å². The van der Waals surface area contributed by atoms with Gasteiger partial charge in [-0.1, -0.05) is 11.8 Å². The number of aromatic nitrogens is 2. The zero-order chi connectivity index (χ0) is 12.6. The molecule has 0 spiro atoms. The molecule has 0 aliphatic rings. The number of aryl methyl sites for hydroxylation is 2. The first kappa shape index (κ1) is 11.9. The predicted molar refractivity (Wildman–Crippen MR) is 62.8 cm³/mol. The van der Waals surface area contributed by atoms with Gasteiger partial charge in [-0.05, 0) is 19.1 Å². The van der Waals surface area contributed by atoms with Crippen molar-refractivity contribution >= 4 is 17.4 Å². The van der Waals surface area contributed by atoms with Crippen LogP contribution in [0.3, 0.4) is 0 Å². The highest BCUT2D eigenvalue weighted by atomic mass is 32.2. The Hall–Kier alpha value is -1.56. The second-order valence-electron chi connectivity index (χ2n) is 3.65. The SMILES string of the molecule is Cc1cc(Sc2cc(F)cc(F)c2N)n(C)n1. The van der Waals surface area contributed by atoms with Crippen molar-refractivity contribution in [3.63, 3.8) is 0 Å². The molecule has 2 rings (SSSR count). The first-order chi connectivity index (χ1) is 7.97. The molecule has 0 fully saturated rings. The van der Waals surface area contributed by atoms with Crippen LogP contribution in [0.25, 0.3) is 0 Å². The van der Waals surface area contributed by atoms with Crippen molar-refractivity contribution < 1.29 is 8.78 Å². The number of anilines is 1. The largest absolute Gasteiger partial charge is 0.395 e. The second-order valence-corrected chi connectivity index (χ2v) is 4.71. The summed E-state index contributed by atoms with van der Waals surface area (Å²) in [7, 11) is 1.77. The van der Waals surface area contributed by atoms with Gasteiger partial charge in [0.15, 0.2) is 0 Å². The summed E-state index contributed by atoms with van der Waals surface area (Å²) in [5.74, 6) is -1.38. The molecule has 0 atom stereocenters. The molecule has 0 unspecified atom stereocenters. The van der Waals surface area contributed by atoms with E-state index in [4.69, 9.17) is 5.73 Å². The molecule has 6 heteroatoms. The van der Waals surface area contributed by atoms with Gasteiger partial charge in [-0.25, -0.2) is 8.78 Å². The van der Waals surface area contributed by atoms with E-state index in [1.54, 1.807) is 11.7 Å². The van der Waals surface area contributed by atoms with E-state index >= 15 is 0 Å². The normalized spacial score (nSPS) is 10.8. The quantitative estimate of drug-likeness (QED) is 0.839. The molecule has 2 N–H and O–H groups in total. The molecular formula is C11H11F2N3S. The van der Waals surface area contributed by atoms with Crippen LogP contribution in [0.5, 0.6) is 0 Å². The summed E-state index contributed by atoms with van der Waals surface area (Å²) >= 11 is 1.19. The average molecular weight is 255 g/mol. The fraction of sp³-hybridized carbons (Fsp3) is 0.182. The highest BCUT2D eigenvalue weighted by Gasteiger charge is 2.12. The molecule has 90 valence electrons. The van der Waals surface area contributed by atoms with Crippen molar-refractivity contribution in [2.45, 2.75) is 16.8 Å². The monoisotopic (exact) mass is 255 g/mol. The van der Waals surface area contributed by atoms with E-state index in [9.17, 15) is 8.78 Å². The van der Waals surface area contributed by atoms with Crippen LogP contribution in [0.15, 0.2) is 28.1 Å². The molecule has 0 saturated heterocycles. The Balaban J connectivity index is 2.39. The third-order valence-electron chi connectivity index (χ3n) is 2.23. The highest BCUT2D eigenvalue weighted by molar-refractivity contribution is 7.99. The molecule has 17 heavy (non-hydrogen) atoms. The van der Waals surface area contributed by atoms with Gasteiger partial charge in [0.1, 0.15) is 11.6 Å². The Kier molecular flexibility index (Phi) is 3.06. The summed E-state index contributed by atoms with van der Waals surface area (Å²) in [5, 5.41) is 4.93. The number of rotatable bonds is 2. The third kappa shape index (κ3) is 2.41. The van der Waals surface area contributed by atoms with E-state index in [0.29, 0.717) is 4.90 Å². The first-order valence-electron chi connectivity index (χ1n) is 4.90. The van der Waals surface area contributed by atoms with Crippen molar-refractivity contribution in [3.05, 3.63) is 35.5 Å². The lowest BCUT2D eigenvalue weighted by molar-refractivity contribution is 0.581. The topological polar surface area (TPSA) is 43.8 Å². The summed E-state index contributed by atoms with van der Waals surface area (Å²) in [6, 6.07) is 3.81. The summed E-state index contributed by atoms with van der Waals surface area (Å²) in [6.07, 6.45) is 0. The van der Waals surface area contributed by atoms with Crippen LogP contribution in [0.1, 0.15) is 5.69 Å². The number of halogens is 2. The number of nitrogens with two attached hydrogens (primary N) is 1. The summed E-state index contributed by atoms with van der Waals surface area (Å²) < 4.78 is 28.0. The highest BCUT2D eigenvalue weighted by Crippen LogP contribution is 2.34. The zero-order valence-corrected chi connectivity index (χ0v) is 10.2. The Morgan fingerprint density at radius 3 is 2.59 bits per heavy atom. The zero-order valence-electron chi connectivity index (χ0n) is 9.37. The van der Waals surface area contributed by atoms with Gasteiger partial charge in [0.2, 0.25) is 0 Å². The van der Waals surface area contributed by atoms with Gasteiger partial charge in [-0.3, -0.25) is 4.68 Å². The molecule has 0 amide bonds. The van der Waals surface area contributed by atoms with Gasteiger partial charge in [-0.15, -0.1) is 0 Å². The number of hydrogen-bond acceptors (Lipinski definition) is 3. The van der Waals surface area contributed by atoms with E-state index in [1.807, 2.05) is 13.0 Å². The van der Waals surface area contributed by atoms with Crippen molar-refractivity contribution in [1.29, 1.82) is 0 Å². The minimum absolute atomic E-state index is 0.0461. The van der Waals surface area contributed by atoms with Gasteiger partial charge in [-0.2, -0.15) is 5.10 Å². The lowest BCUT2D eigenvalue weighted by atomic mass is 10.3. The standard InChI is InChI=1S/C11H11F2N3S/c1-6-3-10(16(2)15-6)17-9-5-7(12)4-8(13)11(9)14/h3-5H,14H2,1-2H3. The maximum atomic E-state index is 13.2. The van der Waals surface area contributed by atoms with E-state index in [0.717, 1.165) is 16.8 Å². The molecule has 0 radical (unpaired) electrons. The maximum Gasteiger partial charge on any atom is 0.150 e. The van der Waals surface area contributed by atoms with E-state index in [-0.39, 0.29) is 5.69 Å². The van der Waals surface area contributed by atoms with Gasteiger partial charge in [0, 0.05) is 18.0 Å². The van der Waals surface area contributed by atoms with Crippen LogP contribution in [-0.4, -0.2) is 9.78 Å². The molecule has 3 nitrogen and oxygen atoms in total. The third-order valence-corrected chi connectivity index (χ3v) is 3.38. The number of nitrogens with zero attached hydrogens (tertiary/aromatic N) is 2. The Labute approximate surface area is 102 Å². The fourth-order valence-corrected chi connectivity index (χ4v) is 2.45. The molecule has 1 aromatic carbocycles. The molecule has 0 saturated carbocycles. The molecule has 1 heterocycles. The summed E-state index contributed by atoms with van der Waals surface area (Å²) in [6.45, 7) is 1.85. The van der Waals surface area contributed by atoms with Crippen LogP contribution in [0.4, 0.5) is 14.5 Å². The molecular weight excluding hydrogens is 244 g/mol. The number of nitrogen functional groups attached to an aromatic ring is 1. The average Bonchev–Trinajstić information content (AvgIpc) is 2.53. The Bertz CT molecular complexity index is 566. The van der Waals surface area contributed by atoms with Crippen molar-refractivity contribution in [1.82, 2.24) is 9.78 Å². The van der Waals surface area contributed by atoms with Crippen molar-refractivity contribution in [3.8, 4) is 0 Å². The van der Waals surface area contributed by atoms with E-state index in [1.165, 1.54) is 17.8 Å². The summed E-state index contributed by atoms with van der Waals surface area (Å²) in [5.41, 5.74) is 6.36. The number of hydrogen-bond donors (Lipinski definition) is 1. The lowest BCUT2D eigenvalue weighted by Gasteiger charge is -2.06. The van der Waals surface area contributed by atoms with Gasteiger partial charge >= 0.3 is 0 Å². The van der Waals surface area contributed by atoms with Crippen LogP contribution < -0.4 is 5.73 Å². The van der Waals surface area contributed by atoms with Gasteiger partial charge < -0.3 is 5.73 Å². The first-order valence-corrected chi connectivity index (χ1v) is 5.72. The minimum Gasteiger partial charge on any atom is -0.395 e. The maximum absolute atomic E-state index is 13.2. The van der Waals surface area contributed by atoms with Crippen LogP contribution >= 0.6 is 11.8 Å². The van der Waals surface area contributed by atoms with Crippen molar-refractivity contribution in [2.75, 3.05) is 5.73 Å². The minimum atomic E-state index is -0.744. The van der Waals surface area contributed by atoms with Crippen LogP contribution in [0.2, 0.25) is 0 Å².